The average molecular weight is 366 g/mol. The largest absolute Gasteiger partial charge is 0.492 e. The van der Waals surface area contributed by atoms with Crippen LogP contribution in [0.15, 0.2) is 48.5 Å². The summed E-state index contributed by atoms with van der Waals surface area (Å²) >= 11 is 0. The van der Waals surface area contributed by atoms with E-state index in [1.54, 1.807) is 31.2 Å². The number of para-hydroxylation sites is 3. The highest BCUT2D eigenvalue weighted by molar-refractivity contribution is 6.08. The number of hydrogen-bond acceptors (Lipinski definition) is 3. The minimum absolute atomic E-state index is 0.378. The first kappa shape index (κ1) is 19.3. The topological polar surface area (TPSA) is 67.4 Å². The third-order valence-corrected chi connectivity index (χ3v) is 3.29. The number of benzene rings is 2. The van der Waals surface area contributed by atoms with E-state index in [0.29, 0.717) is 18.0 Å². The highest BCUT2D eigenvalue weighted by Crippen LogP contribution is 2.34. The summed E-state index contributed by atoms with van der Waals surface area (Å²) in [5.74, 6) is -1.08. The maximum absolute atomic E-state index is 12.9. The average Bonchev–Trinajstić information content (AvgIpc) is 2.56. The molecule has 0 saturated carbocycles. The van der Waals surface area contributed by atoms with Crippen molar-refractivity contribution in [3.05, 3.63) is 54.1 Å². The Balaban J connectivity index is 2.02. The van der Waals surface area contributed by atoms with Gasteiger partial charge in [-0.05, 0) is 31.2 Å². The molecule has 5 nitrogen and oxygen atoms in total. The minimum atomic E-state index is -4.61. The van der Waals surface area contributed by atoms with Crippen LogP contribution < -0.4 is 15.4 Å². The second-order valence-corrected chi connectivity index (χ2v) is 5.25. The maximum atomic E-state index is 12.9. The summed E-state index contributed by atoms with van der Waals surface area (Å²) in [7, 11) is 0. The summed E-state index contributed by atoms with van der Waals surface area (Å²) in [6.07, 6.45) is -5.24. The van der Waals surface area contributed by atoms with Gasteiger partial charge in [-0.3, -0.25) is 9.59 Å². The van der Waals surface area contributed by atoms with E-state index in [-0.39, 0.29) is 0 Å². The van der Waals surface area contributed by atoms with Crippen molar-refractivity contribution in [3.8, 4) is 5.75 Å². The third-order valence-electron chi connectivity index (χ3n) is 3.29. The summed E-state index contributed by atoms with van der Waals surface area (Å²) < 4.78 is 44.1. The Morgan fingerprint density at radius 3 is 2.08 bits per heavy atom. The lowest BCUT2D eigenvalue weighted by Gasteiger charge is -2.14. The van der Waals surface area contributed by atoms with E-state index in [2.05, 4.69) is 10.6 Å². The lowest BCUT2D eigenvalue weighted by molar-refractivity contribution is -0.137. The highest BCUT2D eigenvalue weighted by Gasteiger charge is 2.33. The number of carbonyl (C=O) groups is 2. The van der Waals surface area contributed by atoms with Gasteiger partial charge in [-0.25, -0.2) is 0 Å². The smallest absolute Gasteiger partial charge is 0.418 e. The van der Waals surface area contributed by atoms with Gasteiger partial charge in [0.25, 0.3) is 0 Å². The second-order valence-electron chi connectivity index (χ2n) is 5.25. The number of amides is 2. The molecule has 2 aromatic carbocycles. The molecule has 0 saturated heterocycles. The first-order valence-electron chi connectivity index (χ1n) is 7.79. The highest BCUT2D eigenvalue weighted by atomic mass is 19.4. The van der Waals surface area contributed by atoms with Gasteiger partial charge in [0.05, 0.1) is 23.5 Å². The molecule has 2 rings (SSSR count). The van der Waals surface area contributed by atoms with Gasteiger partial charge >= 0.3 is 6.18 Å². The molecule has 0 atom stereocenters. The van der Waals surface area contributed by atoms with Crippen LogP contribution in [-0.2, 0) is 15.8 Å². The molecule has 0 aliphatic carbocycles. The Hall–Kier alpha value is -3.03. The van der Waals surface area contributed by atoms with Crippen LogP contribution in [0.25, 0.3) is 0 Å². The molecule has 0 radical (unpaired) electrons. The number of ether oxygens (including phenoxy) is 1. The molecule has 138 valence electrons. The van der Waals surface area contributed by atoms with Crippen LogP contribution in [0.3, 0.4) is 0 Å². The van der Waals surface area contributed by atoms with Crippen molar-refractivity contribution < 1.29 is 27.5 Å². The predicted molar refractivity (Wildman–Crippen MR) is 90.9 cm³/mol. The Morgan fingerprint density at radius 2 is 1.46 bits per heavy atom. The molecule has 0 aliphatic rings. The van der Waals surface area contributed by atoms with E-state index in [9.17, 15) is 22.8 Å². The van der Waals surface area contributed by atoms with Gasteiger partial charge in [-0.15, -0.1) is 0 Å². The molecule has 0 spiro atoms. The van der Waals surface area contributed by atoms with Crippen molar-refractivity contribution >= 4 is 23.2 Å². The molecule has 26 heavy (non-hydrogen) atoms. The van der Waals surface area contributed by atoms with Crippen molar-refractivity contribution in [3.63, 3.8) is 0 Å². The molecule has 2 amide bonds. The Labute approximate surface area is 148 Å². The van der Waals surface area contributed by atoms with E-state index in [0.717, 1.165) is 12.1 Å². The molecule has 0 aromatic heterocycles. The molecule has 2 N–H and O–H groups in total. The van der Waals surface area contributed by atoms with E-state index in [4.69, 9.17) is 4.74 Å². The lowest BCUT2D eigenvalue weighted by Crippen LogP contribution is -2.23. The van der Waals surface area contributed by atoms with E-state index >= 15 is 0 Å². The number of rotatable bonds is 6. The molecule has 0 bridgehead atoms. The van der Waals surface area contributed by atoms with Crippen LogP contribution in [0.1, 0.15) is 18.9 Å². The van der Waals surface area contributed by atoms with Gasteiger partial charge in [-0.2, -0.15) is 13.2 Å². The normalized spacial score (nSPS) is 10.9. The van der Waals surface area contributed by atoms with Gasteiger partial charge < -0.3 is 15.4 Å². The maximum Gasteiger partial charge on any atom is 0.418 e. The fourth-order valence-corrected chi connectivity index (χ4v) is 2.23. The quantitative estimate of drug-likeness (QED) is 0.758. The summed E-state index contributed by atoms with van der Waals surface area (Å²) in [6.45, 7) is 2.17. The van der Waals surface area contributed by atoms with Crippen molar-refractivity contribution in [2.24, 2.45) is 0 Å². The fourth-order valence-electron chi connectivity index (χ4n) is 2.23. The van der Waals surface area contributed by atoms with Crippen LogP contribution in [0.4, 0.5) is 24.5 Å². The van der Waals surface area contributed by atoms with Gasteiger partial charge in [0.2, 0.25) is 11.8 Å². The van der Waals surface area contributed by atoms with Gasteiger partial charge in [0.15, 0.2) is 0 Å². The Kier molecular flexibility index (Phi) is 6.21. The predicted octanol–water partition coefficient (Wildman–Crippen LogP) is 4.07. The van der Waals surface area contributed by atoms with Gasteiger partial charge in [-0.1, -0.05) is 24.3 Å². The number of anilines is 2. The summed E-state index contributed by atoms with van der Waals surface area (Å²) in [5.41, 5.74) is -0.995. The van der Waals surface area contributed by atoms with Gasteiger partial charge in [0, 0.05) is 0 Å². The summed E-state index contributed by atoms with van der Waals surface area (Å²) in [4.78, 5) is 23.9. The van der Waals surface area contributed by atoms with Crippen LogP contribution in [-0.4, -0.2) is 18.4 Å². The molecule has 8 heteroatoms. The van der Waals surface area contributed by atoms with Crippen LogP contribution in [0, 0.1) is 0 Å². The number of halogens is 3. The van der Waals surface area contributed by atoms with E-state index < -0.39 is 35.7 Å². The standard InChI is InChI=1S/C18H17F3N2O3/c1-2-26-15-10-6-5-9-14(15)23-17(25)11-16(24)22-13-8-4-3-7-12(13)18(19,20)21/h3-10H,2,11H2,1H3,(H,22,24)(H,23,25). The zero-order valence-electron chi connectivity index (χ0n) is 13.9. The lowest BCUT2D eigenvalue weighted by atomic mass is 10.1. The Bertz CT molecular complexity index is 791. The Morgan fingerprint density at radius 1 is 0.923 bits per heavy atom. The fraction of sp³-hybridized carbons (Fsp3) is 0.222. The number of hydrogen-bond donors (Lipinski definition) is 2. The van der Waals surface area contributed by atoms with Crippen LogP contribution in [0.5, 0.6) is 5.75 Å². The molecule has 0 aliphatic heterocycles. The summed E-state index contributed by atoms with van der Waals surface area (Å²) in [5, 5.41) is 4.63. The molecule has 0 heterocycles. The first-order valence-corrected chi connectivity index (χ1v) is 7.79. The second kappa shape index (κ2) is 8.37. The molecular formula is C18H17F3N2O3. The van der Waals surface area contributed by atoms with Gasteiger partial charge in [0.1, 0.15) is 12.2 Å². The zero-order valence-corrected chi connectivity index (χ0v) is 13.9. The number of alkyl halides is 3. The molecule has 0 unspecified atom stereocenters. The van der Waals surface area contributed by atoms with E-state index in [1.807, 2.05) is 0 Å². The monoisotopic (exact) mass is 366 g/mol. The molecular weight excluding hydrogens is 349 g/mol. The first-order chi connectivity index (χ1) is 12.3. The number of carbonyl (C=O) groups excluding carboxylic acids is 2. The van der Waals surface area contributed by atoms with Crippen molar-refractivity contribution in [1.82, 2.24) is 0 Å². The summed E-state index contributed by atoms with van der Waals surface area (Å²) in [6, 6.07) is 11.2. The van der Waals surface area contributed by atoms with Crippen molar-refractivity contribution in [1.29, 1.82) is 0 Å². The molecule has 0 fully saturated rings. The van der Waals surface area contributed by atoms with Crippen LogP contribution >= 0.6 is 0 Å². The SMILES string of the molecule is CCOc1ccccc1NC(=O)CC(=O)Nc1ccccc1C(F)(F)F. The van der Waals surface area contributed by atoms with E-state index in [1.165, 1.54) is 12.1 Å². The number of nitrogens with one attached hydrogen (secondary N) is 2. The van der Waals surface area contributed by atoms with Crippen molar-refractivity contribution in [2.45, 2.75) is 19.5 Å². The minimum Gasteiger partial charge on any atom is -0.492 e. The van der Waals surface area contributed by atoms with Crippen molar-refractivity contribution in [2.75, 3.05) is 17.2 Å². The third kappa shape index (κ3) is 5.23. The molecule has 2 aromatic rings. The van der Waals surface area contributed by atoms with Crippen LogP contribution in [0.2, 0.25) is 0 Å². The zero-order chi connectivity index (χ0) is 19.2.